The third-order valence-electron chi connectivity index (χ3n) is 2.75. The molecule has 2 aromatic rings. The smallest absolute Gasteiger partial charge is 0.277 e. The minimum Gasteiger partial charge on any atom is -0.508 e. The molecule has 0 fully saturated rings. The predicted octanol–water partition coefficient (Wildman–Crippen LogP) is 1.84. The van der Waals surface area contributed by atoms with Crippen molar-refractivity contribution < 1.29 is 10.0 Å². The minimum atomic E-state index is -0.632. The predicted molar refractivity (Wildman–Crippen MR) is 70.3 cm³/mol. The Kier molecular flexibility index (Phi) is 3.23. The van der Waals surface area contributed by atoms with Gasteiger partial charge in [0.25, 0.3) is 11.2 Å². The number of aromatic hydroxyl groups is 1. The first-order chi connectivity index (χ1) is 9.43. The van der Waals surface area contributed by atoms with Crippen LogP contribution in [0.3, 0.4) is 0 Å². The maximum Gasteiger partial charge on any atom is 0.277 e. The number of benzene rings is 1. The fourth-order valence-corrected chi connectivity index (χ4v) is 1.91. The van der Waals surface area contributed by atoms with Crippen LogP contribution in [0.5, 0.6) is 5.75 Å². The van der Waals surface area contributed by atoms with Crippen LogP contribution in [0.2, 0.25) is 0 Å². The third kappa shape index (κ3) is 2.22. The van der Waals surface area contributed by atoms with Crippen molar-refractivity contribution in [3.8, 4) is 22.9 Å². The highest BCUT2D eigenvalue weighted by molar-refractivity contribution is 5.79. The molecule has 1 aromatic carbocycles. The summed E-state index contributed by atoms with van der Waals surface area (Å²) >= 11 is 0. The molecule has 1 heterocycles. The highest BCUT2D eigenvalue weighted by Crippen LogP contribution is 2.34. The molecule has 1 aromatic heterocycles. The van der Waals surface area contributed by atoms with Crippen molar-refractivity contribution in [2.45, 2.75) is 6.92 Å². The van der Waals surface area contributed by atoms with Gasteiger partial charge in [-0.25, -0.2) is 0 Å². The largest absolute Gasteiger partial charge is 0.508 e. The number of nitrogens with zero attached hydrogens (tertiary/aromatic N) is 2. The van der Waals surface area contributed by atoms with Gasteiger partial charge < -0.3 is 10.1 Å². The van der Waals surface area contributed by atoms with Gasteiger partial charge in [0.15, 0.2) is 0 Å². The first-order valence-corrected chi connectivity index (χ1v) is 5.56. The number of aromatic nitrogens is 1. The van der Waals surface area contributed by atoms with Gasteiger partial charge in [-0.3, -0.25) is 14.9 Å². The van der Waals surface area contributed by atoms with Gasteiger partial charge in [0.05, 0.1) is 10.5 Å². The monoisotopic (exact) mass is 271 g/mol. The first kappa shape index (κ1) is 13.3. The van der Waals surface area contributed by atoms with Crippen molar-refractivity contribution in [1.82, 2.24) is 4.98 Å². The van der Waals surface area contributed by atoms with E-state index in [-0.39, 0.29) is 28.1 Å². The Morgan fingerprint density at radius 2 is 2.05 bits per heavy atom. The lowest BCUT2D eigenvalue weighted by Gasteiger charge is -2.06. The molecule has 20 heavy (non-hydrogen) atoms. The lowest BCUT2D eigenvalue weighted by molar-refractivity contribution is -0.384. The number of rotatable bonds is 2. The lowest BCUT2D eigenvalue weighted by atomic mass is 9.99. The topological polar surface area (TPSA) is 120 Å². The number of nitrogens with one attached hydrogen (secondary N) is 1. The Hall–Kier alpha value is -3.14. The van der Waals surface area contributed by atoms with E-state index in [1.54, 1.807) is 13.0 Å². The SMILES string of the molecule is Cc1cc(-c2cc(O)ccc2[N+](=O)[O-])c(C#N)c(=O)[nH]1. The summed E-state index contributed by atoms with van der Waals surface area (Å²) in [4.78, 5) is 24.6. The van der Waals surface area contributed by atoms with Gasteiger partial charge in [-0.15, -0.1) is 0 Å². The summed E-state index contributed by atoms with van der Waals surface area (Å²) in [5.74, 6) is -0.188. The van der Waals surface area contributed by atoms with E-state index in [4.69, 9.17) is 5.26 Å². The number of H-pyrrole nitrogens is 1. The third-order valence-corrected chi connectivity index (χ3v) is 2.75. The molecule has 0 saturated carbocycles. The van der Waals surface area contributed by atoms with E-state index in [1.165, 1.54) is 12.1 Å². The summed E-state index contributed by atoms with van der Waals surface area (Å²) < 4.78 is 0. The molecule has 2 N–H and O–H groups in total. The summed E-state index contributed by atoms with van der Waals surface area (Å²) in [6, 6.07) is 6.65. The van der Waals surface area contributed by atoms with Crippen LogP contribution in [0.15, 0.2) is 29.1 Å². The molecule has 0 bridgehead atoms. The van der Waals surface area contributed by atoms with Crippen LogP contribution in [0.1, 0.15) is 11.3 Å². The summed E-state index contributed by atoms with van der Waals surface area (Å²) in [7, 11) is 0. The molecule has 0 radical (unpaired) electrons. The summed E-state index contributed by atoms with van der Waals surface area (Å²) in [6.07, 6.45) is 0. The molecule has 0 amide bonds. The maximum absolute atomic E-state index is 11.7. The Bertz CT molecular complexity index is 802. The van der Waals surface area contributed by atoms with Gasteiger partial charge in [0.1, 0.15) is 17.4 Å². The van der Waals surface area contributed by atoms with Gasteiger partial charge in [0.2, 0.25) is 0 Å². The summed E-state index contributed by atoms with van der Waals surface area (Å²) in [5, 5.41) is 29.6. The number of hydrogen-bond acceptors (Lipinski definition) is 5. The molecule has 2 rings (SSSR count). The Morgan fingerprint density at radius 1 is 1.35 bits per heavy atom. The van der Waals surface area contributed by atoms with Crippen LogP contribution in [0.25, 0.3) is 11.1 Å². The van der Waals surface area contributed by atoms with Crippen LogP contribution < -0.4 is 5.56 Å². The molecular formula is C13H9N3O4. The standard InChI is InChI=1S/C13H9N3O4/c1-7-4-9(11(6-14)13(18)15-7)10-5-8(17)2-3-12(10)16(19)20/h2-5,17H,1H3,(H,15,18). The van der Waals surface area contributed by atoms with Crippen molar-refractivity contribution in [3.63, 3.8) is 0 Å². The zero-order valence-electron chi connectivity index (χ0n) is 10.4. The van der Waals surface area contributed by atoms with Crippen molar-refractivity contribution in [3.05, 3.63) is 56.0 Å². The second-order valence-corrected chi connectivity index (χ2v) is 4.14. The molecule has 0 unspecified atom stereocenters. The molecular weight excluding hydrogens is 262 g/mol. The Morgan fingerprint density at radius 3 is 2.65 bits per heavy atom. The van der Waals surface area contributed by atoms with Crippen molar-refractivity contribution >= 4 is 5.69 Å². The highest BCUT2D eigenvalue weighted by atomic mass is 16.6. The molecule has 100 valence electrons. The fourth-order valence-electron chi connectivity index (χ4n) is 1.91. The van der Waals surface area contributed by atoms with Gasteiger partial charge in [-0.05, 0) is 25.1 Å². The van der Waals surface area contributed by atoms with Crippen molar-refractivity contribution in [1.29, 1.82) is 5.26 Å². The van der Waals surface area contributed by atoms with Crippen molar-refractivity contribution in [2.24, 2.45) is 0 Å². The molecule has 0 spiro atoms. The highest BCUT2D eigenvalue weighted by Gasteiger charge is 2.20. The van der Waals surface area contributed by atoms with E-state index in [0.29, 0.717) is 5.69 Å². The zero-order valence-corrected chi connectivity index (χ0v) is 10.4. The summed E-state index contributed by atoms with van der Waals surface area (Å²) in [6.45, 7) is 1.60. The Balaban J connectivity index is 2.88. The molecule has 7 heteroatoms. The van der Waals surface area contributed by atoms with E-state index < -0.39 is 10.5 Å². The number of nitro benzene ring substituents is 1. The maximum atomic E-state index is 11.7. The lowest BCUT2D eigenvalue weighted by Crippen LogP contribution is -2.13. The number of pyridine rings is 1. The number of aryl methyl sites for hydroxylation is 1. The second kappa shape index (κ2) is 4.85. The van der Waals surface area contributed by atoms with Gasteiger partial charge in [-0.1, -0.05) is 0 Å². The quantitative estimate of drug-likeness (QED) is 0.637. The second-order valence-electron chi connectivity index (χ2n) is 4.14. The minimum absolute atomic E-state index is 0.0285. The Labute approximate surface area is 112 Å². The van der Waals surface area contributed by atoms with Gasteiger partial charge >= 0.3 is 0 Å². The zero-order chi connectivity index (χ0) is 14.9. The fraction of sp³-hybridized carbons (Fsp3) is 0.0769. The number of aromatic amines is 1. The number of phenolic OH excluding ortho intramolecular Hbond substituents is 1. The van der Waals surface area contributed by atoms with Gasteiger partial charge in [-0.2, -0.15) is 5.26 Å². The summed E-state index contributed by atoms with van der Waals surface area (Å²) in [5.41, 5.74) is -0.535. The molecule has 7 nitrogen and oxygen atoms in total. The van der Waals surface area contributed by atoms with Crippen LogP contribution in [-0.2, 0) is 0 Å². The molecule has 0 aliphatic rings. The molecule has 0 atom stereocenters. The average Bonchev–Trinajstić information content (AvgIpc) is 2.37. The molecule has 0 aliphatic carbocycles. The number of phenols is 1. The van der Waals surface area contributed by atoms with Gasteiger partial charge in [0, 0.05) is 17.3 Å². The number of nitro groups is 1. The van der Waals surface area contributed by atoms with E-state index in [0.717, 1.165) is 12.1 Å². The van der Waals surface area contributed by atoms with Crippen LogP contribution in [0, 0.1) is 28.4 Å². The van der Waals surface area contributed by atoms with Crippen LogP contribution >= 0.6 is 0 Å². The van der Waals surface area contributed by atoms with E-state index in [9.17, 15) is 20.0 Å². The van der Waals surface area contributed by atoms with E-state index in [1.807, 2.05) is 0 Å². The first-order valence-electron chi connectivity index (χ1n) is 5.56. The normalized spacial score (nSPS) is 10.0. The van der Waals surface area contributed by atoms with E-state index in [2.05, 4.69) is 4.98 Å². The molecule has 0 aliphatic heterocycles. The number of nitriles is 1. The van der Waals surface area contributed by atoms with Crippen molar-refractivity contribution in [2.75, 3.05) is 0 Å². The van der Waals surface area contributed by atoms with Crippen LogP contribution in [-0.4, -0.2) is 15.0 Å². The van der Waals surface area contributed by atoms with Crippen LogP contribution in [0.4, 0.5) is 5.69 Å². The molecule has 0 saturated heterocycles. The average molecular weight is 271 g/mol. The van der Waals surface area contributed by atoms with E-state index >= 15 is 0 Å². The number of hydrogen-bond donors (Lipinski definition) is 2.